The Bertz CT molecular complexity index is 1420. The molecule has 0 saturated carbocycles. The van der Waals surface area contributed by atoms with Gasteiger partial charge in [-0.3, -0.25) is 4.79 Å². The lowest BCUT2D eigenvalue weighted by molar-refractivity contribution is -0.112. The van der Waals surface area contributed by atoms with E-state index < -0.39 is 16.0 Å². The van der Waals surface area contributed by atoms with Crippen LogP contribution in [0.5, 0.6) is 5.75 Å². The van der Waals surface area contributed by atoms with Gasteiger partial charge in [0.15, 0.2) is 5.75 Å². The first kappa shape index (κ1) is 25.3. The molecule has 34 heavy (non-hydrogen) atoms. The third-order valence-electron chi connectivity index (χ3n) is 4.83. The number of hydrogen-bond acceptors (Lipinski definition) is 5. The first-order valence-corrected chi connectivity index (χ1v) is 12.2. The van der Waals surface area contributed by atoms with Gasteiger partial charge in [-0.2, -0.15) is 13.7 Å². The van der Waals surface area contributed by atoms with Crippen LogP contribution in [0.4, 0.5) is 5.69 Å². The van der Waals surface area contributed by atoms with Crippen molar-refractivity contribution in [2.45, 2.75) is 25.7 Å². The number of nitriles is 1. The molecular formula is C25H20Cl2N2O4S. The van der Waals surface area contributed by atoms with Gasteiger partial charge in [0.25, 0.3) is 5.91 Å². The molecule has 1 amide bonds. The van der Waals surface area contributed by atoms with Crippen molar-refractivity contribution in [1.82, 2.24) is 0 Å². The summed E-state index contributed by atoms with van der Waals surface area (Å²) < 4.78 is 30.3. The summed E-state index contributed by atoms with van der Waals surface area (Å²) in [6.07, 6.45) is 1.30. The molecule has 0 radical (unpaired) electrons. The standard InChI is InChI=1S/C25H20Cl2N2O4S/c1-15-4-7-20(8-5-15)34(31,32)33-24-21(26)12-18(13-22(24)27)11-19(14-28)25(30)29-23-9-6-16(2)10-17(23)3/h4-13H,1-3H3,(H,29,30)/b19-11+. The van der Waals surface area contributed by atoms with Crippen LogP contribution in [0.15, 0.2) is 65.1 Å². The minimum Gasteiger partial charge on any atom is -0.376 e. The Labute approximate surface area is 208 Å². The maximum absolute atomic E-state index is 12.6. The summed E-state index contributed by atoms with van der Waals surface area (Å²) in [5.41, 5.74) is 3.50. The van der Waals surface area contributed by atoms with Gasteiger partial charge in [-0.25, -0.2) is 0 Å². The number of amides is 1. The molecule has 3 aromatic rings. The highest BCUT2D eigenvalue weighted by atomic mass is 35.5. The zero-order chi connectivity index (χ0) is 25.0. The Morgan fingerprint density at radius 2 is 1.56 bits per heavy atom. The fourth-order valence-electron chi connectivity index (χ4n) is 3.06. The zero-order valence-corrected chi connectivity index (χ0v) is 20.8. The second-order valence-electron chi connectivity index (χ2n) is 7.61. The minimum absolute atomic E-state index is 0.0518. The lowest BCUT2D eigenvalue weighted by Crippen LogP contribution is -2.14. The van der Waals surface area contributed by atoms with Crippen LogP contribution in [0.3, 0.4) is 0 Å². The average molecular weight is 515 g/mol. The number of nitrogens with one attached hydrogen (secondary N) is 1. The van der Waals surface area contributed by atoms with Crippen LogP contribution >= 0.6 is 23.2 Å². The van der Waals surface area contributed by atoms with Crippen LogP contribution in [0.25, 0.3) is 6.08 Å². The Hall–Kier alpha value is -3.31. The van der Waals surface area contributed by atoms with Gasteiger partial charge in [0.1, 0.15) is 16.5 Å². The van der Waals surface area contributed by atoms with Crippen molar-refractivity contribution in [3.8, 4) is 11.8 Å². The van der Waals surface area contributed by atoms with Crippen molar-refractivity contribution in [3.63, 3.8) is 0 Å². The van der Waals surface area contributed by atoms with E-state index in [9.17, 15) is 18.5 Å². The number of halogens is 2. The van der Waals surface area contributed by atoms with E-state index in [0.717, 1.165) is 16.7 Å². The summed E-state index contributed by atoms with van der Waals surface area (Å²) in [5.74, 6) is -0.858. The normalized spacial score (nSPS) is 11.6. The fourth-order valence-corrected chi connectivity index (χ4v) is 4.70. The Morgan fingerprint density at radius 1 is 0.971 bits per heavy atom. The molecule has 6 nitrogen and oxygen atoms in total. The molecule has 0 heterocycles. The number of anilines is 1. The van der Waals surface area contributed by atoms with Crippen LogP contribution in [0.1, 0.15) is 22.3 Å². The predicted octanol–water partition coefficient (Wildman–Crippen LogP) is 6.23. The van der Waals surface area contributed by atoms with Crippen LogP contribution < -0.4 is 9.50 Å². The molecule has 0 unspecified atom stereocenters. The van der Waals surface area contributed by atoms with E-state index in [2.05, 4.69) is 5.32 Å². The van der Waals surface area contributed by atoms with Gasteiger partial charge in [0.2, 0.25) is 0 Å². The summed E-state index contributed by atoms with van der Waals surface area (Å²) >= 11 is 12.5. The summed E-state index contributed by atoms with van der Waals surface area (Å²) in [5, 5.41) is 12.0. The highest BCUT2D eigenvalue weighted by Crippen LogP contribution is 2.37. The summed E-state index contributed by atoms with van der Waals surface area (Å²) in [7, 11) is -4.17. The van der Waals surface area contributed by atoms with E-state index in [1.165, 1.54) is 30.3 Å². The number of aryl methyl sites for hydroxylation is 3. The van der Waals surface area contributed by atoms with Gasteiger partial charge in [-0.15, -0.1) is 0 Å². The Kier molecular flexibility index (Phi) is 7.68. The number of rotatable bonds is 6. The highest BCUT2D eigenvalue weighted by molar-refractivity contribution is 7.87. The molecular weight excluding hydrogens is 495 g/mol. The largest absolute Gasteiger partial charge is 0.376 e. The summed E-state index contributed by atoms with van der Waals surface area (Å²) in [4.78, 5) is 12.6. The van der Waals surface area contributed by atoms with Gasteiger partial charge < -0.3 is 9.50 Å². The second kappa shape index (κ2) is 10.3. The van der Waals surface area contributed by atoms with E-state index >= 15 is 0 Å². The van der Waals surface area contributed by atoms with Crippen LogP contribution in [0.2, 0.25) is 10.0 Å². The number of hydrogen-bond donors (Lipinski definition) is 1. The molecule has 0 aromatic heterocycles. The van der Waals surface area contributed by atoms with Crippen molar-refractivity contribution in [1.29, 1.82) is 5.26 Å². The topological polar surface area (TPSA) is 96.3 Å². The van der Waals surface area contributed by atoms with E-state index in [4.69, 9.17) is 27.4 Å². The zero-order valence-electron chi connectivity index (χ0n) is 18.5. The van der Waals surface area contributed by atoms with Crippen LogP contribution in [0, 0.1) is 32.1 Å². The van der Waals surface area contributed by atoms with E-state index in [0.29, 0.717) is 11.3 Å². The number of carbonyl (C=O) groups is 1. The lowest BCUT2D eigenvalue weighted by atomic mass is 10.1. The van der Waals surface area contributed by atoms with Crippen molar-refractivity contribution < 1.29 is 17.4 Å². The third-order valence-corrected chi connectivity index (χ3v) is 6.63. The summed E-state index contributed by atoms with van der Waals surface area (Å²) in [6, 6.07) is 16.2. The minimum atomic E-state index is -4.17. The van der Waals surface area contributed by atoms with Crippen molar-refractivity contribution in [2.75, 3.05) is 5.32 Å². The van der Waals surface area contributed by atoms with E-state index in [1.807, 2.05) is 39.0 Å². The quantitative estimate of drug-likeness (QED) is 0.239. The van der Waals surface area contributed by atoms with Crippen molar-refractivity contribution >= 4 is 51.0 Å². The maximum atomic E-state index is 12.6. The van der Waals surface area contributed by atoms with Gasteiger partial charge in [-0.05, 0) is 68.3 Å². The van der Waals surface area contributed by atoms with Gasteiger partial charge in [-0.1, -0.05) is 58.6 Å². The monoisotopic (exact) mass is 514 g/mol. The SMILES string of the molecule is Cc1ccc(S(=O)(=O)Oc2c(Cl)cc(/C=C(\C#N)C(=O)Nc3ccc(C)cc3C)cc2Cl)cc1. The number of nitrogens with zero attached hydrogens (tertiary/aromatic N) is 1. The molecule has 0 spiro atoms. The molecule has 0 atom stereocenters. The predicted molar refractivity (Wildman–Crippen MR) is 134 cm³/mol. The molecule has 0 saturated heterocycles. The Morgan fingerprint density at radius 3 is 2.12 bits per heavy atom. The van der Waals surface area contributed by atoms with Crippen molar-refractivity contribution in [3.05, 3.63) is 92.5 Å². The molecule has 0 aliphatic rings. The number of carbonyl (C=O) groups excluding carboxylic acids is 1. The fraction of sp³-hybridized carbons (Fsp3) is 0.120. The van der Waals surface area contributed by atoms with Crippen molar-refractivity contribution in [2.24, 2.45) is 0 Å². The van der Waals surface area contributed by atoms with Gasteiger partial charge >= 0.3 is 10.1 Å². The van der Waals surface area contributed by atoms with E-state index in [-0.39, 0.29) is 26.3 Å². The molecule has 9 heteroatoms. The summed E-state index contributed by atoms with van der Waals surface area (Å²) in [6.45, 7) is 5.61. The molecule has 174 valence electrons. The smallest absolute Gasteiger partial charge is 0.339 e. The molecule has 0 aliphatic carbocycles. The Balaban J connectivity index is 1.87. The first-order valence-electron chi connectivity index (χ1n) is 10.0. The molecule has 0 aliphatic heterocycles. The lowest BCUT2D eigenvalue weighted by Gasteiger charge is -2.12. The molecule has 3 aromatic carbocycles. The number of benzene rings is 3. The van der Waals surface area contributed by atoms with Gasteiger partial charge in [0.05, 0.1) is 10.0 Å². The first-order chi connectivity index (χ1) is 16.0. The third kappa shape index (κ3) is 5.97. The van der Waals surface area contributed by atoms with E-state index in [1.54, 1.807) is 18.2 Å². The molecule has 0 fully saturated rings. The highest BCUT2D eigenvalue weighted by Gasteiger charge is 2.21. The maximum Gasteiger partial charge on any atom is 0.339 e. The van der Waals surface area contributed by atoms with Crippen LogP contribution in [-0.2, 0) is 14.9 Å². The van der Waals surface area contributed by atoms with Gasteiger partial charge in [0, 0.05) is 5.69 Å². The second-order valence-corrected chi connectivity index (χ2v) is 9.97. The molecule has 0 bridgehead atoms. The molecule has 3 rings (SSSR count). The average Bonchev–Trinajstić information content (AvgIpc) is 2.76. The molecule has 1 N–H and O–H groups in total. The van der Waals surface area contributed by atoms with Crippen LogP contribution in [-0.4, -0.2) is 14.3 Å².